The average Bonchev–Trinajstić information content (AvgIpc) is 3.17. The molecule has 10 nitrogen and oxygen atoms in total. The number of H-pyrrole nitrogens is 1. The van der Waals surface area contributed by atoms with E-state index < -0.39 is 10.0 Å². The van der Waals surface area contributed by atoms with E-state index in [1.54, 1.807) is 34.9 Å². The Morgan fingerprint density at radius 2 is 1.74 bits per heavy atom. The maximum Gasteiger partial charge on any atom is 0.243 e. The molecule has 5 rings (SSSR count). The van der Waals surface area contributed by atoms with Gasteiger partial charge in [-0.1, -0.05) is 18.9 Å². The minimum absolute atomic E-state index is 0.155. The molecule has 3 aromatic rings. The summed E-state index contributed by atoms with van der Waals surface area (Å²) in [5.74, 6) is 0.751. The highest BCUT2D eigenvalue weighted by atomic mass is 32.2. The lowest BCUT2D eigenvalue weighted by Crippen LogP contribution is -2.49. The predicted octanol–water partition coefficient (Wildman–Crippen LogP) is 2.28. The molecule has 0 unspecified atom stereocenters. The van der Waals surface area contributed by atoms with Crippen molar-refractivity contribution in [1.82, 2.24) is 24.2 Å². The number of nitrogens with one attached hydrogen (secondary N) is 2. The van der Waals surface area contributed by atoms with E-state index in [0.717, 1.165) is 68.7 Å². The molecule has 0 bridgehead atoms. The Morgan fingerprint density at radius 3 is 2.51 bits per heavy atom. The van der Waals surface area contributed by atoms with Crippen LogP contribution in [-0.2, 0) is 14.8 Å². The first-order chi connectivity index (χ1) is 17.0. The quantitative estimate of drug-likeness (QED) is 0.537. The molecule has 0 atom stereocenters. The Hall–Kier alpha value is -3.02. The fourth-order valence-electron chi connectivity index (χ4n) is 4.80. The number of anilines is 2. The van der Waals surface area contributed by atoms with Gasteiger partial charge in [-0.05, 0) is 37.1 Å². The number of amides is 1. The van der Waals surface area contributed by atoms with Crippen molar-refractivity contribution in [2.24, 2.45) is 0 Å². The van der Waals surface area contributed by atoms with Gasteiger partial charge in [-0.25, -0.2) is 18.4 Å². The van der Waals surface area contributed by atoms with E-state index in [-0.39, 0.29) is 17.3 Å². The second kappa shape index (κ2) is 10.3. The average molecular weight is 498 g/mol. The van der Waals surface area contributed by atoms with Gasteiger partial charge in [0.1, 0.15) is 17.8 Å². The Morgan fingerprint density at radius 1 is 0.971 bits per heavy atom. The highest BCUT2D eigenvalue weighted by molar-refractivity contribution is 7.89. The molecule has 2 aliphatic heterocycles. The summed E-state index contributed by atoms with van der Waals surface area (Å²) in [5, 5.41) is 3.87. The fraction of sp³-hybridized carbons (Fsp3) is 0.458. The van der Waals surface area contributed by atoms with Crippen molar-refractivity contribution in [3.8, 4) is 0 Å². The molecule has 2 fully saturated rings. The largest absolute Gasteiger partial charge is 0.353 e. The second-order valence-electron chi connectivity index (χ2n) is 9.09. The van der Waals surface area contributed by atoms with Crippen molar-refractivity contribution in [2.45, 2.75) is 30.6 Å². The van der Waals surface area contributed by atoms with Crippen LogP contribution in [-0.4, -0.2) is 84.3 Å². The Balaban J connectivity index is 1.17. The normalized spacial score (nSPS) is 18.5. The zero-order valence-electron chi connectivity index (χ0n) is 19.7. The number of carbonyl (C=O) groups is 1. The number of piperazine rings is 1. The van der Waals surface area contributed by atoms with E-state index in [4.69, 9.17) is 0 Å². The zero-order valence-corrected chi connectivity index (χ0v) is 20.5. The van der Waals surface area contributed by atoms with Crippen LogP contribution in [0.5, 0.6) is 0 Å². The van der Waals surface area contributed by atoms with Gasteiger partial charge < -0.3 is 15.2 Å². The van der Waals surface area contributed by atoms with Crippen LogP contribution in [0.1, 0.15) is 25.7 Å². The van der Waals surface area contributed by atoms with Gasteiger partial charge in [0, 0.05) is 51.2 Å². The molecule has 1 aromatic carbocycles. The lowest BCUT2D eigenvalue weighted by Gasteiger charge is -2.35. The Bertz CT molecular complexity index is 1280. The van der Waals surface area contributed by atoms with Gasteiger partial charge in [0.2, 0.25) is 15.9 Å². The van der Waals surface area contributed by atoms with E-state index in [1.165, 1.54) is 0 Å². The summed E-state index contributed by atoms with van der Waals surface area (Å²) < 4.78 is 27.8. The van der Waals surface area contributed by atoms with Crippen LogP contribution >= 0.6 is 0 Å². The van der Waals surface area contributed by atoms with Gasteiger partial charge in [-0.15, -0.1) is 0 Å². The molecule has 186 valence electrons. The molecule has 11 heteroatoms. The number of aromatic nitrogens is 3. The number of benzene rings is 1. The Kier molecular flexibility index (Phi) is 6.98. The molecule has 0 aliphatic carbocycles. The summed E-state index contributed by atoms with van der Waals surface area (Å²) in [5.41, 5.74) is 1.32. The lowest BCUT2D eigenvalue weighted by molar-refractivity contribution is -0.117. The maximum atomic E-state index is 13.1. The minimum Gasteiger partial charge on any atom is -0.353 e. The van der Waals surface area contributed by atoms with Crippen molar-refractivity contribution >= 4 is 38.5 Å². The topological polar surface area (TPSA) is 115 Å². The number of fused-ring (bicyclic) bond motifs is 1. The highest BCUT2D eigenvalue weighted by Gasteiger charge is 2.26. The highest BCUT2D eigenvalue weighted by Crippen LogP contribution is 2.24. The third-order valence-corrected chi connectivity index (χ3v) is 8.59. The van der Waals surface area contributed by atoms with Crippen LogP contribution < -0.4 is 10.2 Å². The molecular formula is C24H31N7O3S. The summed E-state index contributed by atoms with van der Waals surface area (Å²) in [6, 6.07) is 8.56. The zero-order chi connectivity index (χ0) is 24.3. The lowest BCUT2D eigenvalue weighted by atomic mass is 10.2. The molecule has 0 saturated carbocycles. The first-order valence-electron chi connectivity index (χ1n) is 12.2. The molecule has 1 amide bonds. The summed E-state index contributed by atoms with van der Waals surface area (Å²) in [6.07, 6.45) is 7.32. The predicted molar refractivity (Wildman–Crippen MR) is 135 cm³/mol. The third kappa shape index (κ3) is 5.31. The molecule has 2 saturated heterocycles. The third-order valence-electron chi connectivity index (χ3n) is 6.69. The number of hydrogen-bond donors (Lipinski definition) is 2. The number of nitrogens with zero attached hydrogens (tertiary/aromatic N) is 5. The van der Waals surface area contributed by atoms with Crippen LogP contribution in [0.15, 0.2) is 47.8 Å². The van der Waals surface area contributed by atoms with Crippen molar-refractivity contribution in [3.05, 3.63) is 42.9 Å². The van der Waals surface area contributed by atoms with Crippen LogP contribution in [0.3, 0.4) is 0 Å². The van der Waals surface area contributed by atoms with Crippen LogP contribution in [0.2, 0.25) is 0 Å². The van der Waals surface area contributed by atoms with Crippen molar-refractivity contribution in [2.75, 3.05) is 56.0 Å². The van der Waals surface area contributed by atoms with Crippen LogP contribution in [0.4, 0.5) is 11.5 Å². The molecule has 35 heavy (non-hydrogen) atoms. The molecule has 2 aliphatic rings. The van der Waals surface area contributed by atoms with Crippen molar-refractivity contribution in [3.63, 3.8) is 0 Å². The molecular weight excluding hydrogens is 466 g/mol. The van der Waals surface area contributed by atoms with E-state index in [2.05, 4.69) is 30.1 Å². The van der Waals surface area contributed by atoms with E-state index >= 15 is 0 Å². The van der Waals surface area contributed by atoms with Gasteiger partial charge in [-0.2, -0.15) is 4.31 Å². The first kappa shape index (κ1) is 23.7. The van der Waals surface area contributed by atoms with E-state index in [1.807, 2.05) is 12.3 Å². The van der Waals surface area contributed by atoms with Gasteiger partial charge in [0.25, 0.3) is 0 Å². The van der Waals surface area contributed by atoms with Crippen molar-refractivity contribution < 1.29 is 13.2 Å². The van der Waals surface area contributed by atoms with Crippen molar-refractivity contribution in [1.29, 1.82) is 0 Å². The first-order valence-corrected chi connectivity index (χ1v) is 13.6. The number of aromatic amines is 1. The summed E-state index contributed by atoms with van der Waals surface area (Å²) in [6.45, 7) is 4.33. The number of sulfonamides is 1. The van der Waals surface area contributed by atoms with Gasteiger partial charge in [-0.3, -0.25) is 9.69 Å². The monoisotopic (exact) mass is 497 g/mol. The molecule has 0 radical (unpaired) electrons. The number of carbonyl (C=O) groups excluding carboxylic acids is 1. The summed E-state index contributed by atoms with van der Waals surface area (Å²) in [7, 11) is -3.56. The number of hydrogen-bond acceptors (Lipinski definition) is 7. The SMILES string of the molecule is O=C(CN1CCN(c2ncnc3[nH]ccc23)CC1)Nc1cccc(S(=O)(=O)N2CCCCCC2)c1. The summed E-state index contributed by atoms with van der Waals surface area (Å²) in [4.78, 5) is 29.1. The summed E-state index contributed by atoms with van der Waals surface area (Å²) >= 11 is 0. The fourth-order valence-corrected chi connectivity index (χ4v) is 6.36. The van der Waals surface area contributed by atoms with E-state index in [0.29, 0.717) is 18.8 Å². The van der Waals surface area contributed by atoms with E-state index in [9.17, 15) is 13.2 Å². The minimum atomic E-state index is -3.56. The van der Waals surface area contributed by atoms with Gasteiger partial charge in [0.15, 0.2) is 0 Å². The van der Waals surface area contributed by atoms with Gasteiger partial charge >= 0.3 is 0 Å². The van der Waals surface area contributed by atoms with Gasteiger partial charge in [0.05, 0.1) is 16.8 Å². The molecule has 4 heterocycles. The molecule has 2 N–H and O–H groups in total. The standard InChI is InChI=1S/C24H31N7O3S/c32-22(17-29-12-14-30(15-13-29)24-21-8-9-25-23(21)26-18-27-24)28-19-6-5-7-20(16-19)35(33,34)31-10-3-1-2-4-11-31/h5-9,16,18H,1-4,10-15,17H2,(H,28,32)(H,25,26,27). The van der Waals surface area contributed by atoms with Crippen LogP contribution in [0, 0.1) is 0 Å². The maximum absolute atomic E-state index is 13.1. The number of rotatable bonds is 6. The smallest absolute Gasteiger partial charge is 0.243 e. The Labute approximate surface area is 205 Å². The second-order valence-corrected chi connectivity index (χ2v) is 11.0. The van der Waals surface area contributed by atoms with Crippen LogP contribution in [0.25, 0.3) is 11.0 Å². The molecule has 0 spiro atoms. The molecule has 2 aromatic heterocycles.